The Balaban J connectivity index is 2.69. The number of aromatic nitrogens is 1. The molecule has 0 fully saturated rings. The molecule has 0 aliphatic carbocycles. The summed E-state index contributed by atoms with van der Waals surface area (Å²) in [7, 11) is 1.76. The lowest BCUT2D eigenvalue weighted by Crippen LogP contribution is -2.36. The van der Waals surface area contributed by atoms with Gasteiger partial charge in [0.05, 0.1) is 5.69 Å². The topological polar surface area (TPSA) is 59.2 Å². The third-order valence-electron chi connectivity index (χ3n) is 2.21. The van der Waals surface area contributed by atoms with Gasteiger partial charge in [-0.2, -0.15) is 0 Å². The largest absolute Gasteiger partial charge is 0.344 e. The van der Waals surface area contributed by atoms with Crippen molar-refractivity contribution in [3.63, 3.8) is 0 Å². The summed E-state index contributed by atoms with van der Waals surface area (Å²) in [5.74, 6) is -0.0875. The number of likely N-dealkylation sites (N-methyl/N-ethyl adjacent to an activating group) is 1. The van der Waals surface area contributed by atoms with E-state index in [4.69, 9.17) is 5.73 Å². The van der Waals surface area contributed by atoms with Crippen LogP contribution in [0.3, 0.4) is 0 Å². The average molecular weight is 207 g/mol. The molecule has 1 aromatic rings. The Morgan fingerprint density at radius 2 is 2.33 bits per heavy atom. The molecule has 1 aromatic heterocycles. The molecule has 0 radical (unpaired) electrons. The first kappa shape index (κ1) is 11.7. The molecule has 1 rings (SSSR count). The number of carbonyl (C=O) groups excluding carboxylic acids is 1. The number of carbonyl (C=O) groups is 1. The van der Waals surface area contributed by atoms with Crippen molar-refractivity contribution in [1.29, 1.82) is 0 Å². The maximum Gasteiger partial charge on any atom is 0.245 e. The maximum atomic E-state index is 11.8. The molecule has 0 saturated carbocycles. The number of hydrogen-bond donors (Lipinski definition) is 1. The Hall–Kier alpha value is -1.42. The van der Waals surface area contributed by atoms with Gasteiger partial charge in [-0.25, -0.2) is 0 Å². The van der Waals surface area contributed by atoms with Crippen molar-refractivity contribution < 1.29 is 4.79 Å². The van der Waals surface area contributed by atoms with E-state index >= 15 is 0 Å². The Morgan fingerprint density at radius 3 is 2.87 bits per heavy atom. The molecule has 4 nitrogen and oxygen atoms in total. The highest BCUT2D eigenvalue weighted by molar-refractivity contribution is 5.82. The van der Waals surface area contributed by atoms with Crippen LogP contribution in [0.25, 0.3) is 0 Å². The van der Waals surface area contributed by atoms with Crippen LogP contribution < -0.4 is 5.73 Å². The summed E-state index contributed by atoms with van der Waals surface area (Å²) >= 11 is 0. The lowest BCUT2D eigenvalue weighted by Gasteiger charge is -2.20. The van der Waals surface area contributed by atoms with Crippen molar-refractivity contribution in [2.45, 2.75) is 19.4 Å². The molecular weight excluding hydrogens is 190 g/mol. The summed E-state index contributed by atoms with van der Waals surface area (Å²) in [6.07, 6.45) is 2.57. The number of amides is 1. The van der Waals surface area contributed by atoms with Crippen molar-refractivity contribution in [2.75, 3.05) is 13.6 Å². The van der Waals surface area contributed by atoms with Crippen LogP contribution in [-0.4, -0.2) is 29.4 Å². The monoisotopic (exact) mass is 207 g/mol. The van der Waals surface area contributed by atoms with Crippen LogP contribution in [0.5, 0.6) is 0 Å². The lowest BCUT2D eigenvalue weighted by molar-refractivity contribution is -0.131. The zero-order valence-electron chi connectivity index (χ0n) is 9.18. The van der Waals surface area contributed by atoms with Crippen molar-refractivity contribution in [2.24, 2.45) is 5.73 Å². The first-order valence-corrected chi connectivity index (χ1v) is 5.08. The zero-order chi connectivity index (χ0) is 11.3. The van der Waals surface area contributed by atoms with Gasteiger partial charge in [-0.1, -0.05) is 13.0 Å². The normalized spacial score (nSPS) is 12.2. The SMILES string of the molecule is CCCN(C)C(=O)C(N)c1ccccn1. The van der Waals surface area contributed by atoms with Gasteiger partial charge in [0, 0.05) is 19.8 Å². The van der Waals surface area contributed by atoms with E-state index < -0.39 is 6.04 Å². The van der Waals surface area contributed by atoms with E-state index in [0.717, 1.165) is 13.0 Å². The fourth-order valence-electron chi connectivity index (χ4n) is 1.37. The van der Waals surface area contributed by atoms with Crippen LogP contribution >= 0.6 is 0 Å². The minimum Gasteiger partial charge on any atom is -0.344 e. The van der Waals surface area contributed by atoms with E-state index in [-0.39, 0.29) is 5.91 Å². The second-order valence-electron chi connectivity index (χ2n) is 3.49. The third kappa shape index (κ3) is 3.02. The van der Waals surface area contributed by atoms with Gasteiger partial charge in [0.15, 0.2) is 0 Å². The van der Waals surface area contributed by atoms with E-state index in [1.54, 1.807) is 30.3 Å². The molecule has 0 bridgehead atoms. The number of nitrogens with zero attached hydrogens (tertiary/aromatic N) is 2. The summed E-state index contributed by atoms with van der Waals surface area (Å²) < 4.78 is 0. The molecule has 1 unspecified atom stereocenters. The van der Waals surface area contributed by atoms with Gasteiger partial charge in [-0.15, -0.1) is 0 Å². The highest BCUT2D eigenvalue weighted by Gasteiger charge is 2.19. The number of hydrogen-bond acceptors (Lipinski definition) is 3. The number of nitrogens with two attached hydrogens (primary N) is 1. The van der Waals surface area contributed by atoms with Gasteiger partial charge in [0.25, 0.3) is 0 Å². The summed E-state index contributed by atoms with van der Waals surface area (Å²) in [5, 5.41) is 0. The lowest BCUT2D eigenvalue weighted by atomic mass is 10.2. The van der Waals surface area contributed by atoms with Gasteiger partial charge < -0.3 is 10.6 Å². The van der Waals surface area contributed by atoms with Gasteiger partial charge >= 0.3 is 0 Å². The van der Waals surface area contributed by atoms with E-state index in [2.05, 4.69) is 4.98 Å². The quantitative estimate of drug-likeness (QED) is 0.799. The van der Waals surface area contributed by atoms with E-state index in [1.807, 2.05) is 13.0 Å². The van der Waals surface area contributed by atoms with Crippen LogP contribution in [0.2, 0.25) is 0 Å². The van der Waals surface area contributed by atoms with Crippen LogP contribution in [0.15, 0.2) is 24.4 Å². The minimum absolute atomic E-state index is 0.0875. The molecule has 0 saturated heterocycles. The molecule has 1 heterocycles. The predicted octanol–water partition coefficient (Wildman–Crippen LogP) is 0.950. The van der Waals surface area contributed by atoms with Crippen molar-refractivity contribution in [1.82, 2.24) is 9.88 Å². The highest BCUT2D eigenvalue weighted by atomic mass is 16.2. The summed E-state index contributed by atoms with van der Waals surface area (Å²) in [5.41, 5.74) is 6.43. The van der Waals surface area contributed by atoms with E-state index in [1.165, 1.54) is 0 Å². The van der Waals surface area contributed by atoms with Crippen LogP contribution in [0.4, 0.5) is 0 Å². The molecule has 0 aliphatic rings. The Bertz CT molecular complexity index is 313. The predicted molar refractivity (Wildman–Crippen MR) is 59.1 cm³/mol. The van der Waals surface area contributed by atoms with Crippen LogP contribution in [-0.2, 0) is 4.79 Å². The van der Waals surface area contributed by atoms with Crippen LogP contribution in [0.1, 0.15) is 25.1 Å². The molecule has 82 valence electrons. The second kappa shape index (κ2) is 5.46. The van der Waals surface area contributed by atoms with Crippen molar-refractivity contribution in [3.05, 3.63) is 30.1 Å². The molecule has 15 heavy (non-hydrogen) atoms. The molecule has 0 spiro atoms. The summed E-state index contributed by atoms with van der Waals surface area (Å²) in [4.78, 5) is 17.5. The third-order valence-corrected chi connectivity index (χ3v) is 2.21. The molecule has 4 heteroatoms. The van der Waals surface area contributed by atoms with Gasteiger partial charge in [-0.05, 0) is 18.6 Å². The average Bonchev–Trinajstić information content (AvgIpc) is 2.28. The molecular formula is C11H17N3O. The Kier molecular flexibility index (Phi) is 4.24. The number of pyridine rings is 1. The molecule has 0 aliphatic heterocycles. The molecule has 1 atom stereocenters. The smallest absolute Gasteiger partial charge is 0.245 e. The summed E-state index contributed by atoms with van der Waals surface area (Å²) in [6.45, 7) is 2.75. The zero-order valence-corrected chi connectivity index (χ0v) is 9.18. The first-order chi connectivity index (χ1) is 7.16. The van der Waals surface area contributed by atoms with E-state index in [0.29, 0.717) is 5.69 Å². The summed E-state index contributed by atoms with van der Waals surface area (Å²) in [6, 6.07) is 4.75. The number of rotatable bonds is 4. The van der Waals surface area contributed by atoms with Gasteiger partial charge in [-0.3, -0.25) is 9.78 Å². The fraction of sp³-hybridized carbons (Fsp3) is 0.455. The molecule has 0 aromatic carbocycles. The standard InChI is InChI=1S/C11H17N3O/c1-3-8-14(2)11(15)10(12)9-6-4-5-7-13-9/h4-7,10H,3,8,12H2,1-2H3. The molecule has 2 N–H and O–H groups in total. The fourth-order valence-corrected chi connectivity index (χ4v) is 1.37. The van der Waals surface area contributed by atoms with Crippen molar-refractivity contribution in [3.8, 4) is 0 Å². The first-order valence-electron chi connectivity index (χ1n) is 5.08. The van der Waals surface area contributed by atoms with Gasteiger partial charge in [0.2, 0.25) is 5.91 Å². The molecule has 1 amide bonds. The van der Waals surface area contributed by atoms with Crippen LogP contribution in [0, 0.1) is 0 Å². The van der Waals surface area contributed by atoms with E-state index in [9.17, 15) is 4.79 Å². The minimum atomic E-state index is -0.650. The highest BCUT2D eigenvalue weighted by Crippen LogP contribution is 2.09. The Labute approximate surface area is 90.1 Å². The maximum absolute atomic E-state index is 11.8. The van der Waals surface area contributed by atoms with Gasteiger partial charge in [0.1, 0.15) is 6.04 Å². The Morgan fingerprint density at radius 1 is 1.60 bits per heavy atom. The second-order valence-corrected chi connectivity index (χ2v) is 3.49. The van der Waals surface area contributed by atoms with Crippen molar-refractivity contribution >= 4 is 5.91 Å².